The molecule has 0 radical (unpaired) electrons. The maximum atomic E-state index is 12.9. The lowest BCUT2D eigenvalue weighted by atomic mass is 10.1. The zero-order valence-electron chi connectivity index (χ0n) is 16.8. The summed E-state index contributed by atoms with van der Waals surface area (Å²) in [7, 11) is 3.88. The Kier molecular flexibility index (Phi) is 6.56. The molecule has 0 saturated heterocycles. The van der Waals surface area contributed by atoms with E-state index in [-0.39, 0.29) is 18.1 Å². The predicted molar refractivity (Wildman–Crippen MR) is 119 cm³/mol. The van der Waals surface area contributed by atoms with Crippen LogP contribution < -0.4 is 10.9 Å². The third kappa shape index (κ3) is 5.37. The van der Waals surface area contributed by atoms with E-state index in [0.717, 1.165) is 16.5 Å². The van der Waals surface area contributed by atoms with Gasteiger partial charge in [-0.25, -0.2) is 4.79 Å². The molecule has 2 aromatic carbocycles. The lowest BCUT2D eigenvalue weighted by molar-refractivity contribution is 0.202. The van der Waals surface area contributed by atoms with Gasteiger partial charge in [0.25, 0.3) is 5.56 Å². The molecule has 29 heavy (non-hydrogen) atoms. The Morgan fingerprint density at radius 1 is 1.10 bits per heavy atom. The minimum Gasteiger partial charge on any atom is -0.322 e. The third-order valence-electron chi connectivity index (χ3n) is 4.66. The molecular weight excluding hydrogens is 388 g/mol. The van der Waals surface area contributed by atoms with Gasteiger partial charge in [-0.15, -0.1) is 0 Å². The first-order chi connectivity index (χ1) is 13.8. The Balaban J connectivity index is 1.87. The third-order valence-corrected chi connectivity index (χ3v) is 4.99. The molecule has 3 rings (SSSR count). The lowest BCUT2D eigenvalue weighted by Gasteiger charge is -2.25. The fourth-order valence-electron chi connectivity index (χ4n) is 3.02. The zero-order chi connectivity index (χ0) is 21.0. The topological polar surface area (TPSA) is 68.4 Å². The van der Waals surface area contributed by atoms with Crippen LogP contribution in [-0.4, -0.2) is 48.0 Å². The lowest BCUT2D eigenvalue weighted by Crippen LogP contribution is -2.40. The smallest absolute Gasteiger partial charge is 0.322 e. The summed E-state index contributed by atoms with van der Waals surface area (Å²) in [6.07, 6.45) is 0. The van der Waals surface area contributed by atoms with Crippen LogP contribution in [0.25, 0.3) is 10.9 Å². The van der Waals surface area contributed by atoms with Crippen LogP contribution in [0.4, 0.5) is 10.5 Å². The van der Waals surface area contributed by atoms with Crippen molar-refractivity contribution in [1.82, 2.24) is 14.8 Å². The van der Waals surface area contributed by atoms with Gasteiger partial charge < -0.3 is 20.1 Å². The summed E-state index contributed by atoms with van der Waals surface area (Å²) < 4.78 is 0. The molecule has 0 spiro atoms. The van der Waals surface area contributed by atoms with Gasteiger partial charge in [0.2, 0.25) is 0 Å². The standard InChI is InChI=1S/C22H25ClN4O2/c1-15-8-9-19-16(12-15)13-17(21(28)24-19)14-27(11-10-26(2)3)22(29)25-20-7-5-4-6-18(20)23/h4-9,12-13H,10-11,14H2,1-3H3,(H,24,28)(H,25,29). The number of urea groups is 1. The summed E-state index contributed by atoms with van der Waals surface area (Å²) in [5.74, 6) is 0. The minimum atomic E-state index is -0.302. The maximum absolute atomic E-state index is 12.9. The molecule has 0 fully saturated rings. The number of fused-ring (bicyclic) bond motifs is 1. The number of carbonyl (C=O) groups excluding carboxylic acids is 1. The quantitative estimate of drug-likeness (QED) is 0.640. The monoisotopic (exact) mass is 412 g/mol. The van der Waals surface area contributed by atoms with Gasteiger partial charge in [-0.05, 0) is 56.7 Å². The van der Waals surface area contributed by atoms with Gasteiger partial charge in [0.1, 0.15) is 0 Å². The molecule has 1 heterocycles. The van der Waals surface area contributed by atoms with Crippen molar-refractivity contribution in [3.05, 3.63) is 75.0 Å². The molecular formula is C22H25ClN4O2. The summed E-state index contributed by atoms with van der Waals surface area (Å²) in [6.45, 7) is 3.34. The largest absolute Gasteiger partial charge is 0.322 e. The fraction of sp³-hybridized carbons (Fsp3) is 0.273. The van der Waals surface area contributed by atoms with Gasteiger partial charge in [-0.3, -0.25) is 4.79 Å². The summed E-state index contributed by atoms with van der Waals surface area (Å²) in [6, 6.07) is 14.5. The molecule has 3 aromatic rings. The van der Waals surface area contributed by atoms with Crippen molar-refractivity contribution in [3.63, 3.8) is 0 Å². The number of likely N-dealkylation sites (N-methyl/N-ethyl adjacent to an activating group) is 1. The van der Waals surface area contributed by atoms with E-state index in [1.54, 1.807) is 23.1 Å². The van der Waals surface area contributed by atoms with Crippen LogP contribution in [0.2, 0.25) is 5.02 Å². The number of anilines is 1. The van der Waals surface area contributed by atoms with Crippen molar-refractivity contribution < 1.29 is 4.79 Å². The molecule has 152 valence electrons. The van der Waals surface area contributed by atoms with Gasteiger partial charge in [0.05, 0.1) is 17.3 Å². The first kappa shape index (κ1) is 20.9. The van der Waals surface area contributed by atoms with Crippen molar-refractivity contribution in [2.45, 2.75) is 13.5 Å². The Labute approximate surface area is 175 Å². The average molecular weight is 413 g/mol. The Hall–Kier alpha value is -2.83. The molecule has 0 bridgehead atoms. The highest BCUT2D eigenvalue weighted by atomic mass is 35.5. The van der Waals surface area contributed by atoms with Crippen LogP contribution >= 0.6 is 11.6 Å². The van der Waals surface area contributed by atoms with Crippen LogP contribution in [0, 0.1) is 6.92 Å². The van der Waals surface area contributed by atoms with Crippen LogP contribution in [0.5, 0.6) is 0 Å². The minimum absolute atomic E-state index is 0.193. The molecule has 0 aliphatic rings. The normalized spacial score (nSPS) is 11.1. The van der Waals surface area contributed by atoms with E-state index in [1.807, 2.05) is 56.3 Å². The molecule has 0 unspecified atom stereocenters. The number of aryl methyl sites for hydroxylation is 1. The number of H-pyrrole nitrogens is 1. The number of aromatic amines is 1. The Bertz CT molecular complexity index is 1080. The summed E-state index contributed by atoms with van der Waals surface area (Å²) >= 11 is 6.17. The molecule has 0 aliphatic heterocycles. The number of hydrogen-bond donors (Lipinski definition) is 2. The molecule has 2 amide bonds. The van der Waals surface area contributed by atoms with Crippen molar-refractivity contribution in [2.24, 2.45) is 0 Å². The van der Waals surface area contributed by atoms with E-state index in [9.17, 15) is 9.59 Å². The van der Waals surface area contributed by atoms with Crippen LogP contribution in [0.3, 0.4) is 0 Å². The van der Waals surface area contributed by atoms with Gasteiger partial charge in [0.15, 0.2) is 0 Å². The summed E-state index contributed by atoms with van der Waals surface area (Å²) in [4.78, 5) is 32.0. The molecule has 7 heteroatoms. The van der Waals surface area contributed by atoms with Crippen LogP contribution in [0.15, 0.2) is 53.3 Å². The first-order valence-corrected chi connectivity index (χ1v) is 9.79. The van der Waals surface area contributed by atoms with E-state index >= 15 is 0 Å². The molecule has 0 saturated carbocycles. The van der Waals surface area contributed by atoms with Gasteiger partial charge in [0, 0.05) is 24.2 Å². The van der Waals surface area contributed by atoms with E-state index in [4.69, 9.17) is 11.6 Å². The molecule has 1 aromatic heterocycles. The van der Waals surface area contributed by atoms with E-state index in [2.05, 4.69) is 10.3 Å². The predicted octanol–water partition coefficient (Wildman–Crippen LogP) is 4.09. The number of hydrogen-bond acceptors (Lipinski definition) is 3. The van der Waals surface area contributed by atoms with Gasteiger partial charge in [-0.2, -0.15) is 0 Å². The fourth-order valence-corrected chi connectivity index (χ4v) is 3.21. The second-order valence-corrected chi connectivity index (χ2v) is 7.76. The highest BCUT2D eigenvalue weighted by molar-refractivity contribution is 6.33. The number of amides is 2. The highest BCUT2D eigenvalue weighted by Crippen LogP contribution is 2.21. The number of carbonyl (C=O) groups is 1. The molecule has 0 atom stereocenters. The first-order valence-electron chi connectivity index (χ1n) is 9.41. The summed E-state index contributed by atoms with van der Waals surface area (Å²) in [5, 5.41) is 4.25. The molecule has 0 aliphatic carbocycles. The second kappa shape index (κ2) is 9.11. The number of rotatable bonds is 6. The van der Waals surface area contributed by atoms with Crippen molar-refractivity contribution >= 4 is 34.2 Å². The van der Waals surface area contributed by atoms with Crippen LogP contribution in [0.1, 0.15) is 11.1 Å². The SMILES string of the molecule is Cc1ccc2[nH]c(=O)c(CN(CCN(C)C)C(=O)Nc3ccccc3Cl)cc2c1. The number of pyridine rings is 1. The number of halogens is 1. The number of para-hydroxylation sites is 1. The van der Waals surface area contributed by atoms with E-state index < -0.39 is 0 Å². The van der Waals surface area contributed by atoms with Gasteiger partial charge >= 0.3 is 6.03 Å². The second-order valence-electron chi connectivity index (χ2n) is 7.35. The summed E-state index contributed by atoms with van der Waals surface area (Å²) in [5.41, 5.74) is 2.77. The zero-order valence-corrected chi connectivity index (χ0v) is 17.6. The van der Waals surface area contributed by atoms with E-state index in [0.29, 0.717) is 29.4 Å². The van der Waals surface area contributed by atoms with Gasteiger partial charge in [-0.1, -0.05) is 35.4 Å². The Morgan fingerprint density at radius 3 is 2.59 bits per heavy atom. The number of nitrogens with zero attached hydrogens (tertiary/aromatic N) is 2. The molecule has 6 nitrogen and oxygen atoms in total. The highest BCUT2D eigenvalue weighted by Gasteiger charge is 2.17. The number of nitrogens with one attached hydrogen (secondary N) is 2. The van der Waals surface area contributed by atoms with Crippen molar-refractivity contribution in [3.8, 4) is 0 Å². The number of benzene rings is 2. The Morgan fingerprint density at radius 2 is 1.86 bits per heavy atom. The van der Waals surface area contributed by atoms with E-state index in [1.165, 1.54) is 0 Å². The maximum Gasteiger partial charge on any atom is 0.322 e. The van der Waals surface area contributed by atoms with Crippen molar-refractivity contribution in [1.29, 1.82) is 0 Å². The van der Waals surface area contributed by atoms with Crippen molar-refractivity contribution in [2.75, 3.05) is 32.5 Å². The average Bonchev–Trinajstić information content (AvgIpc) is 2.67. The molecule has 2 N–H and O–H groups in total. The van der Waals surface area contributed by atoms with Crippen LogP contribution in [-0.2, 0) is 6.54 Å². The number of aromatic nitrogens is 1.